The van der Waals surface area contributed by atoms with Crippen molar-refractivity contribution in [1.29, 1.82) is 5.26 Å². The van der Waals surface area contributed by atoms with Crippen molar-refractivity contribution in [2.45, 2.75) is 0 Å². The SMILES string of the molecule is N#Cc1cn(-c2cccc3cnccc23)c(=O)[nH]c1=O. The highest BCUT2D eigenvalue weighted by molar-refractivity contribution is 5.89. The molecule has 0 saturated carbocycles. The Kier molecular flexibility index (Phi) is 2.66. The van der Waals surface area contributed by atoms with Gasteiger partial charge in [-0.2, -0.15) is 5.26 Å². The maximum atomic E-state index is 11.9. The van der Waals surface area contributed by atoms with Crippen LogP contribution in [0.1, 0.15) is 5.56 Å². The van der Waals surface area contributed by atoms with E-state index in [1.165, 1.54) is 10.8 Å². The molecule has 6 nitrogen and oxygen atoms in total. The van der Waals surface area contributed by atoms with E-state index in [2.05, 4.69) is 9.97 Å². The Hall–Kier alpha value is -3.20. The normalized spacial score (nSPS) is 10.3. The van der Waals surface area contributed by atoms with Gasteiger partial charge < -0.3 is 0 Å². The fourth-order valence-corrected chi connectivity index (χ4v) is 2.05. The van der Waals surface area contributed by atoms with Crippen molar-refractivity contribution in [3.8, 4) is 11.8 Å². The predicted molar refractivity (Wildman–Crippen MR) is 72.7 cm³/mol. The van der Waals surface area contributed by atoms with Crippen molar-refractivity contribution in [2.75, 3.05) is 0 Å². The number of nitrogens with zero attached hydrogens (tertiary/aromatic N) is 3. The second kappa shape index (κ2) is 4.48. The summed E-state index contributed by atoms with van der Waals surface area (Å²) in [5, 5.41) is 10.6. The number of rotatable bonds is 1. The zero-order chi connectivity index (χ0) is 14.1. The predicted octanol–water partition coefficient (Wildman–Crippen LogP) is 0.946. The van der Waals surface area contributed by atoms with E-state index >= 15 is 0 Å². The first-order chi connectivity index (χ1) is 9.70. The lowest BCUT2D eigenvalue weighted by atomic mass is 10.1. The monoisotopic (exact) mass is 264 g/mol. The Balaban J connectivity index is 2.41. The van der Waals surface area contributed by atoms with Crippen LogP contribution < -0.4 is 11.2 Å². The summed E-state index contributed by atoms with van der Waals surface area (Å²) in [5.41, 5.74) is -0.799. The Morgan fingerprint density at radius 2 is 2.10 bits per heavy atom. The summed E-state index contributed by atoms with van der Waals surface area (Å²) < 4.78 is 1.25. The number of aromatic amines is 1. The third kappa shape index (κ3) is 1.78. The minimum Gasteiger partial charge on any atom is -0.273 e. The molecule has 3 aromatic rings. The number of H-pyrrole nitrogens is 1. The van der Waals surface area contributed by atoms with E-state index in [1.54, 1.807) is 36.7 Å². The summed E-state index contributed by atoms with van der Waals surface area (Å²) in [6.07, 6.45) is 4.55. The van der Waals surface area contributed by atoms with Crippen LogP contribution in [0.4, 0.5) is 0 Å². The van der Waals surface area contributed by atoms with E-state index in [-0.39, 0.29) is 5.56 Å². The molecule has 96 valence electrons. The van der Waals surface area contributed by atoms with Crippen LogP contribution in [-0.4, -0.2) is 14.5 Å². The minimum atomic E-state index is -0.685. The van der Waals surface area contributed by atoms with E-state index in [0.717, 1.165) is 10.8 Å². The number of nitrogens with one attached hydrogen (secondary N) is 1. The molecule has 0 spiro atoms. The van der Waals surface area contributed by atoms with Crippen molar-refractivity contribution in [3.05, 3.63) is 69.3 Å². The van der Waals surface area contributed by atoms with Crippen LogP contribution in [0.2, 0.25) is 0 Å². The van der Waals surface area contributed by atoms with E-state index < -0.39 is 11.2 Å². The third-order valence-electron chi connectivity index (χ3n) is 2.98. The quantitative estimate of drug-likeness (QED) is 0.708. The average Bonchev–Trinajstić information content (AvgIpc) is 2.47. The summed E-state index contributed by atoms with van der Waals surface area (Å²) in [5.74, 6) is 0. The van der Waals surface area contributed by atoms with E-state index in [9.17, 15) is 9.59 Å². The first kappa shape index (κ1) is 11.9. The Bertz CT molecular complexity index is 958. The summed E-state index contributed by atoms with van der Waals surface area (Å²) in [4.78, 5) is 29.5. The highest BCUT2D eigenvalue weighted by atomic mass is 16.2. The molecule has 2 heterocycles. The zero-order valence-electron chi connectivity index (χ0n) is 10.2. The van der Waals surface area contributed by atoms with Crippen LogP contribution in [0.5, 0.6) is 0 Å². The van der Waals surface area contributed by atoms with Gasteiger partial charge in [-0.15, -0.1) is 0 Å². The molecule has 20 heavy (non-hydrogen) atoms. The Labute approximate surface area is 112 Å². The molecule has 0 atom stereocenters. The fourth-order valence-electron chi connectivity index (χ4n) is 2.05. The van der Waals surface area contributed by atoms with E-state index in [1.807, 2.05) is 6.07 Å². The number of hydrogen-bond acceptors (Lipinski definition) is 4. The summed E-state index contributed by atoms with van der Waals surface area (Å²) in [6.45, 7) is 0. The average molecular weight is 264 g/mol. The molecule has 2 aromatic heterocycles. The lowest BCUT2D eigenvalue weighted by Crippen LogP contribution is -2.30. The highest BCUT2D eigenvalue weighted by Gasteiger charge is 2.08. The molecule has 0 bridgehead atoms. The number of fused-ring (bicyclic) bond motifs is 1. The topological polar surface area (TPSA) is 91.5 Å². The van der Waals surface area contributed by atoms with Crippen molar-refractivity contribution in [1.82, 2.24) is 14.5 Å². The molecule has 0 saturated heterocycles. The highest BCUT2D eigenvalue weighted by Crippen LogP contribution is 2.19. The standard InChI is InChI=1S/C14H8N4O2/c15-6-10-8-18(14(20)17-13(10)19)12-3-1-2-9-7-16-5-4-11(9)12/h1-5,7-8H,(H,17,19,20). The Morgan fingerprint density at radius 3 is 2.90 bits per heavy atom. The summed E-state index contributed by atoms with van der Waals surface area (Å²) in [7, 11) is 0. The number of benzene rings is 1. The third-order valence-corrected chi connectivity index (χ3v) is 2.98. The van der Waals surface area contributed by atoms with Crippen LogP contribution >= 0.6 is 0 Å². The molecule has 0 aliphatic rings. The maximum absolute atomic E-state index is 11.9. The van der Waals surface area contributed by atoms with Gasteiger partial charge in [-0.25, -0.2) is 4.79 Å². The first-order valence-corrected chi connectivity index (χ1v) is 5.80. The van der Waals surface area contributed by atoms with Crippen LogP contribution in [0.3, 0.4) is 0 Å². The molecular formula is C14H8N4O2. The zero-order valence-corrected chi connectivity index (χ0v) is 10.2. The van der Waals surface area contributed by atoms with Gasteiger partial charge in [0.2, 0.25) is 0 Å². The first-order valence-electron chi connectivity index (χ1n) is 5.80. The molecule has 0 aliphatic carbocycles. The molecule has 6 heteroatoms. The number of hydrogen-bond donors (Lipinski definition) is 1. The van der Waals surface area contributed by atoms with Crippen molar-refractivity contribution < 1.29 is 0 Å². The van der Waals surface area contributed by atoms with E-state index in [4.69, 9.17) is 5.26 Å². The van der Waals surface area contributed by atoms with Crippen LogP contribution in [0.25, 0.3) is 16.5 Å². The van der Waals surface area contributed by atoms with Crippen LogP contribution in [-0.2, 0) is 0 Å². The molecule has 1 N–H and O–H groups in total. The molecular weight excluding hydrogens is 256 g/mol. The lowest BCUT2D eigenvalue weighted by molar-refractivity contribution is 0.895. The second-order valence-corrected chi connectivity index (χ2v) is 4.16. The molecule has 0 amide bonds. The van der Waals surface area contributed by atoms with Gasteiger partial charge in [0, 0.05) is 29.4 Å². The summed E-state index contributed by atoms with van der Waals surface area (Å²) in [6, 6.07) is 8.93. The smallest absolute Gasteiger partial charge is 0.273 e. The van der Waals surface area contributed by atoms with Crippen molar-refractivity contribution >= 4 is 10.8 Å². The maximum Gasteiger partial charge on any atom is 0.333 e. The van der Waals surface area contributed by atoms with E-state index in [0.29, 0.717) is 5.69 Å². The summed E-state index contributed by atoms with van der Waals surface area (Å²) >= 11 is 0. The van der Waals surface area contributed by atoms with Crippen molar-refractivity contribution in [3.63, 3.8) is 0 Å². The number of aromatic nitrogens is 3. The van der Waals surface area contributed by atoms with Gasteiger partial charge in [-0.05, 0) is 12.1 Å². The number of pyridine rings is 1. The van der Waals surface area contributed by atoms with Gasteiger partial charge in [-0.1, -0.05) is 12.1 Å². The number of nitriles is 1. The van der Waals surface area contributed by atoms with Crippen LogP contribution in [0, 0.1) is 11.3 Å². The Morgan fingerprint density at radius 1 is 1.25 bits per heavy atom. The minimum absolute atomic E-state index is 0.115. The van der Waals surface area contributed by atoms with Gasteiger partial charge in [0.05, 0.1) is 5.69 Å². The lowest BCUT2D eigenvalue weighted by Gasteiger charge is -2.08. The van der Waals surface area contributed by atoms with Gasteiger partial charge in [0.15, 0.2) is 0 Å². The molecule has 0 unspecified atom stereocenters. The van der Waals surface area contributed by atoms with Gasteiger partial charge in [0.25, 0.3) is 5.56 Å². The molecule has 0 fully saturated rings. The van der Waals surface area contributed by atoms with Crippen molar-refractivity contribution in [2.24, 2.45) is 0 Å². The van der Waals surface area contributed by atoms with Gasteiger partial charge in [0.1, 0.15) is 11.6 Å². The molecule has 0 aliphatic heterocycles. The van der Waals surface area contributed by atoms with Crippen LogP contribution in [0.15, 0.2) is 52.4 Å². The fraction of sp³-hybridized carbons (Fsp3) is 0. The largest absolute Gasteiger partial charge is 0.333 e. The molecule has 3 rings (SSSR count). The van der Waals surface area contributed by atoms with Gasteiger partial charge >= 0.3 is 5.69 Å². The second-order valence-electron chi connectivity index (χ2n) is 4.16. The molecule has 0 radical (unpaired) electrons. The molecule has 1 aromatic carbocycles. The van der Waals surface area contributed by atoms with Gasteiger partial charge in [-0.3, -0.25) is 19.3 Å².